The molecule has 1 aliphatic carbocycles. The fourth-order valence-electron chi connectivity index (χ4n) is 2.07. The Morgan fingerprint density at radius 1 is 1.47 bits per heavy atom. The molecule has 3 N–H and O–H groups in total. The van der Waals surface area contributed by atoms with Gasteiger partial charge in [-0.3, -0.25) is 0 Å². The summed E-state index contributed by atoms with van der Waals surface area (Å²) < 4.78 is 6.49. The minimum Gasteiger partial charge on any atom is -0.398 e. The molecule has 0 radical (unpaired) electrons. The molecule has 1 aliphatic rings. The summed E-state index contributed by atoms with van der Waals surface area (Å²) in [5.74, 6) is 0. The van der Waals surface area contributed by atoms with Gasteiger partial charge in [0.25, 0.3) is 0 Å². The van der Waals surface area contributed by atoms with E-state index in [1.165, 1.54) is 5.56 Å². The second-order valence-electron chi connectivity index (χ2n) is 4.48. The zero-order chi connectivity index (χ0) is 12.3. The van der Waals surface area contributed by atoms with Crippen molar-refractivity contribution in [3.8, 4) is 0 Å². The van der Waals surface area contributed by atoms with Crippen molar-refractivity contribution < 1.29 is 4.74 Å². The van der Waals surface area contributed by atoms with Crippen LogP contribution in [0.15, 0.2) is 22.7 Å². The zero-order valence-electron chi connectivity index (χ0n) is 10.1. The van der Waals surface area contributed by atoms with Crippen LogP contribution in [0.5, 0.6) is 0 Å². The molecule has 1 aromatic rings. The summed E-state index contributed by atoms with van der Waals surface area (Å²) in [4.78, 5) is 0. The molecule has 1 aromatic carbocycles. The summed E-state index contributed by atoms with van der Waals surface area (Å²) in [7, 11) is 0. The number of rotatable bonds is 5. The molecule has 0 heterocycles. The summed E-state index contributed by atoms with van der Waals surface area (Å²) in [5.41, 5.74) is 7.86. The number of nitrogen functional groups attached to an aromatic ring is 1. The highest BCUT2D eigenvalue weighted by molar-refractivity contribution is 9.10. The maximum atomic E-state index is 5.84. The number of hydrogen-bond acceptors (Lipinski definition) is 3. The van der Waals surface area contributed by atoms with E-state index in [2.05, 4.69) is 27.3 Å². The summed E-state index contributed by atoms with van der Waals surface area (Å²) in [6, 6.07) is 6.69. The van der Waals surface area contributed by atoms with Crippen LogP contribution in [0.2, 0.25) is 0 Å². The molecule has 94 valence electrons. The van der Waals surface area contributed by atoms with Crippen LogP contribution in [0.25, 0.3) is 0 Å². The van der Waals surface area contributed by atoms with E-state index in [9.17, 15) is 0 Å². The summed E-state index contributed by atoms with van der Waals surface area (Å²) in [6.45, 7) is 3.74. The molecule has 0 amide bonds. The predicted molar refractivity (Wildman–Crippen MR) is 73.8 cm³/mol. The summed E-state index contributed by atoms with van der Waals surface area (Å²) in [5, 5.41) is 3.52. The third-order valence-corrected chi connectivity index (χ3v) is 3.87. The Kier molecular flexibility index (Phi) is 4.42. The van der Waals surface area contributed by atoms with Crippen molar-refractivity contribution in [3.05, 3.63) is 28.2 Å². The Hall–Kier alpha value is -0.580. The van der Waals surface area contributed by atoms with E-state index in [4.69, 9.17) is 10.5 Å². The van der Waals surface area contributed by atoms with Gasteiger partial charge in [0, 0.05) is 29.4 Å². The average Bonchev–Trinajstić information content (AvgIpc) is 2.26. The molecular formula is C13H19BrN2O. The Bertz CT molecular complexity index is 378. The van der Waals surface area contributed by atoms with Crippen molar-refractivity contribution >= 4 is 21.6 Å². The van der Waals surface area contributed by atoms with Gasteiger partial charge in [-0.05, 0) is 53.4 Å². The largest absolute Gasteiger partial charge is 0.398 e. The number of nitrogens with one attached hydrogen (secondary N) is 1. The van der Waals surface area contributed by atoms with Gasteiger partial charge in [0.05, 0.1) is 6.10 Å². The SMILES string of the molecule is CCOC1CC(NCc2ccc(Br)c(N)c2)C1. The normalized spacial score (nSPS) is 23.4. The van der Waals surface area contributed by atoms with Gasteiger partial charge in [-0.25, -0.2) is 0 Å². The number of halogens is 1. The maximum Gasteiger partial charge on any atom is 0.0604 e. The zero-order valence-corrected chi connectivity index (χ0v) is 11.7. The Morgan fingerprint density at radius 2 is 2.24 bits per heavy atom. The topological polar surface area (TPSA) is 47.3 Å². The van der Waals surface area contributed by atoms with E-state index in [-0.39, 0.29) is 0 Å². The Morgan fingerprint density at radius 3 is 2.88 bits per heavy atom. The highest BCUT2D eigenvalue weighted by Gasteiger charge is 2.28. The molecule has 3 nitrogen and oxygen atoms in total. The number of hydrogen-bond donors (Lipinski definition) is 2. The molecule has 0 atom stereocenters. The quantitative estimate of drug-likeness (QED) is 0.822. The molecule has 0 spiro atoms. The van der Waals surface area contributed by atoms with Crippen LogP contribution < -0.4 is 11.1 Å². The number of ether oxygens (including phenoxy) is 1. The fraction of sp³-hybridized carbons (Fsp3) is 0.538. The molecule has 1 saturated carbocycles. The molecule has 1 fully saturated rings. The van der Waals surface area contributed by atoms with Crippen molar-refractivity contribution in [1.82, 2.24) is 5.32 Å². The maximum absolute atomic E-state index is 5.84. The first-order chi connectivity index (χ1) is 8.19. The standard InChI is InChI=1S/C13H19BrN2O/c1-2-17-11-6-10(7-11)16-8-9-3-4-12(14)13(15)5-9/h3-5,10-11,16H,2,6-8,15H2,1H3. The van der Waals surface area contributed by atoms with Crippen LogP contribution in [0.3, 0.4) is 0 Å². The fourth-order valence-corrected chi connectivity index (χ4v) is 2.32. The van der Waals surface area contributed by atoms with Crippen LogP contribution in [0.4, 0.5) is 5.69 Å². The van der Waals surface area contributed by atoms with E-state index in [0.29, 0.717) is 12.1 Å². The Balaban J connectivity index is 1.74. The lowest BCUT2D eigenvalue weighted by Gasteiger charge is -2.35. The van der Waals surface area contributed by atoms with Gasteiger partial charge in [-0.2, -0.15) is 0 Å². The molecule has 0 aliphatic heterocycles. The van der Waals surface area contributed by atoms with Gasteiger partial charge in [-0.15, -0.1) is 0 Å². The van der Waals surface area contributed by atoms with Crippen LogP contribution >= 0.6 is 15.9 Å². The third kappa shape index (κ3) is 3.44. The first-order valence-corrected chi connectivity index (χ1v) is 6.87. The molecule has 0 unspecified atom stereocenters. The molecule has 0 saturated heterocycles. The van der Waals surface area contributed by atoms with Crippen LogP contribution in [0.1, 0.15) is 25.3 Å². The predicted octanol–water partition coefficient (Wildman–Crippen LogP) is 2.69. The van der Waals surface area contributed by atoms with Crippen LogP contribution in [0, 0.1) is 0 Å². The minimum atomic E-state index is 0.465. The Labute approximate surface area is 111 Å². The van der Waals surface area contributed by atoms with Gasteiger partial charge in [-0.1, -0.05) is 6.07 Å². The van der Waals surface area contributed by atoms with Gasteiger partial charge in [0.1, 0.15) is 0 Å². The third-order valence-electron chi connectivity index (χ3n) is 3.15. The van der Waals surface area contributed by atoms with E-state index in [1.807, 2.05) is 19.1 Å². The highest BCUT2D eigenvalue weighted by atomic mass is 79.9. The number of nitrogens with two attached hydrogens (primary N) is 1. The van der Waals surface area contributed by atoms with Crippen LogP contribution in [-0.4, -0.2) is 18.8 Å². The van der Waals surface area contributed by atoms with Gasteiger partial charge < -0.3 is 15.8 Å². The van der Waals surface area contributed by atoms with Crippen molar-refractivity contribution in [3.63, 3.8) is 0 Å². The summed E-state index contributed by atoms with van der Waals surface area (Å²) in [6.07, 6.45) is 2.71. The second-order valence-corrected chi connectivity index (χ2v) is 5.34. The molecular weight excluding hydrogens is 280 g/mol. The first-order valence-electron chi connectivity index (χ1n) is 6.08. The van der Waals surface area contributed by atoms with Crippen molar-refractivity contribution in [2.45, 2.75) is 38.5 Å². The first kappa shape index (κ1) is 12.9. The van der Waals surface area contributed by atoms with Crippen molar-refractivity contribution in [2.24, 2.45) is 0 Å². The highest BCUT2D eigenvalue weighted by Crippen LogP contribution is 2.24. The van der Waals surface area contributed by atoms with Crippen molar-refractivity contribution in [2.75, 3.05) is 12.3 Å². The number of anilines is 1. The lowest BCUT2D eigenvalue weighted by Crippen LogP contribution is -2.45. The minimum absolute atomic E-state index is 0.465. The van der Waals surface area contributed by atoms with E-state index < -0.39 is 0 Å². The van der Waals surface area contributed by atoms with E-state index in [0.717, 1.165) is 36.2 Å². The summed E-state index contributed by atoms with van der Waals surface area (Å²) >= 11 is 3.40. The van der Waals surface area contributed by atoms with Gasteiger partial charge >= 0.3 is 0 Å². The average molecular weight is 299 g/mol. The smallest absolute Gasteiger partial charge is 0.0604 e. The molecule has 0 bridgehead atoms. The van der Waals surface area contributed by atoms with Gasteiger partial charge in [0.2, 0.25) is 0 Å². The van der Waals surface area contributed by atoms with Crippen LogP contribution in [-0.2, 0) is 11.3 Å². The molecule has 4 heteroatoms. The van der Waals surface area contributed by atoms with E-state index in [1.54, 1.807) is 0 Å². The molecule has 17 heavy (non-hydrogen) atoms. The molecule has 0 aromatic heterocycles. The monoisotopic (exact) mass is 298 g/mol. The molecule has 2 rings (SSSR count). The van der Waals surface area contributed by atoms with Crippen molar-refractivity contribution in [1.29, 1.82) is 0 Å². The lowest BCUT2D eigenvalue weighted by atomic mass is 9.89. The van der Waals surface area contributed by atoms with Gasteiger partial charge in [0.15, 0.2) is 0 Å². The van der Waals surface area contributed by atoms with E-state index >= 15 is 0 Å². The second kappa shape index (κ2) is 5.85. The number of benzene rings is 1. The lowest BCUT2D eigenvalue weighted by molar-refractivity contribution is -0.0102.